The minimum atomic E-state index is -0.876. The first kappa shape index (κ1) is 23.2. The fourth-order valence-corrected chi connectivity index (χ4v) is 3.30. The topological polar surface area (TPSA) is 84.9 Å². The number of nitrogens with one attached hydrogen (secondary N) is 1. The Labute approximate surface area is 191 Å². The molecule has 0 aliphatic heterocycles. The molecule has 3 aromatic carbocycles. The van der Waals surface area contributed by atoms with E-state index >= 15 is 0 Å². The van der Waals surface area contributed by atoms with E-state index in [4.69, 9.17) is 21.1 Å². The fraction of sp³-hybridized carbons (Fsp3) is 0.200. The smallest absolute Gasteiger partial charge is 0.407 e. The van der Waals surface area contributed by atoms with Crippen molar-refractivity contribution in [3.63, 3.8) is 0 Å². The lowest BCUT2D eigenvalue weighted by Crippen LogP contribution is -2.23. The number of carboxylic acid groups (broad SMARTS) is 1. The average Bonchev–Trinajstić information content (AvgIpc) is 2.81. The molecule has 1 atom stereocenters. The van der Waals surface area contributed by atoms with Gasteiger partial charge in [-0.25, -0.2) is 4.79 Å². The quantitative estimate of drug-likeness (QED) is 0.461. The van der Waals surface area contributed by atoms with Crippen LogP contribution in [0.1, 0.15) is 29.5 Å². The monoisotopic (exact) mass is 453 g/mol. The van der Waals surface area contributed by atoms with E-state index in [1.54, 1.807) is 44.4 Å². The maximum absolute atomic E-state index is 12.1. The SMILES string of the molecule is COc1ccc(-c2cccc(C(C)C(=O)O)c2)cc1CNC(=O)OCc1ccc(Cl)cc1. The number of methoxy groups -OCH3 is 1. The Kier molecular flexibility index (Phi) is 7.73. The molecule has 1 amide bonds. The third-order valence-electron chi connectivity index (χ3n) is 5.08. The minimum absolute atomic E-state index is 0.134. The van der Waals surface area contributed by atoms with Gasteiger partial charge in [0.05, 0.1) is 13.0 Å². The second-order valence-electron chi connectivity index (χ2n) is 7.27. The number of carbonyl (C=O) groups excluding carboxylic acids is 1. The van der Waals surface area contributed by atoms with E-state index in [-0.39, 0.29) is 13.2 Å². The van der Waals surface area contributed by atoms with Crippen LogP contribution in [0.5, 0.6) is 5.75 Å². The number of aliphatic carboxylic acids is 1. The molecule has 0 saturated heterocycles. The van der Waals surface area contributed by atoms with Gasteiger partial charge in [0.2, 0.25) is 0 Å². The number of hydrogen-bond donors (Lipinski definition) is 2. The summed E-state index contributed by atoms with van der Waals surface area (Å²) in [5, 5.41) is 12.6. The van der Waals surface area contributed by atoms with E-state index in [0.717, 1.165) is 27.8 Å². The summed E-state index contributed by atoms with van der Waals surface area (Å²) in [4.78, 5) is 23.5. The van der Waals surface area contributed by atoms with E-state index in [2.05, 4.69) is 5.32 Å². The van der Waals surface area contributed by atoms with Crippen molar-refractivity contribution in [3.05, 3.63) is 88.4 Å². The molecule has 0 saturated carbocycles. The Morgan fingerprint density at radius 3 is 2.44 bits per heavy atom. The molecular weight excluding hydrogens is 430 g/mol. The van der Waals surface area contributed by atoms with Gasteiger partial charge in [-0.15, -0.1) is 0 Å². The van der Waals surface area contributed by atoms with Gasteiger partial charge in [0.25, 0.3) is 0 Å². The Balaban J connectivity index is 1.70. The van der Waals surface area contributed by atoms with Gasteiger partial charge < -0.3 is 19.9 Å². The first-order valence-electron chi connectivity index (χ1n) is 10.0. The third-order valence-corrected chi connectivity index (χ3v) is 5.33. The number of carboxylic acids is 1. The number of benzene rings is 3. The standard InChI is InChI=1S/C25H24ClNO5/c1-16(24(28)29)18-4-3-5-19(12-18)20-8-11-23(31-2)21(13-20)14-27-25(30)32-15-17-6-9-22(26)10-7-17/h3-13,16H,14-15H2,1-2H3,(H,27,30)(H,28,29). The summed E-state index contributed by atoms with van der Waals surface area (Å²) in [5.41, 5.74) is 4.09. The fourth-order valence-electron chi connectivity index (χ4n) is 3.17. The molecule has 3 rings (SSSR count). The summed E-state index contributed by atoms with van der Waals surface area (Å²) in [6.45, 7) is 2.00. The average molecular weight is 454 g/mol. The van der Waals surface area contributed by atoms with Crippen molar-refractivity contribution in [2.45, 2.75) is 26.0 Å². The molecular formula is C25H24ClNO5. The number of carbonyl (C=O) groups is 2. The van der Waals surface area contributed by atoms with Crippen molar-refractivity contribution in [1.29, 1.82) is 0 Å². The van der Waals surface area contributed by atoms with Gasteiger partial charge in [0.1, 0.15) is 12.4 Å². The highest BCUT2D eigenvalue weighted by molar-refractivity contribution is 6.30. The molecule has 0 fully saturated rings. The molecule has 0 heterocycles. The zero-order valence-electron chi connectivity index (χ0n) is 17.8. The van der Waals surface area contributed by atoms with Crippen LogP contribution in [-0.4, -0.2) is 24.3 Å². The summed E-state index contributed by atoms with van der Waals surface area (Å²) in [5.74, 6) is -0.856. The summed E-state index contributed by atoms with van der Waals surface area (Å²) in [6.07, 6.45) is -0.551. The van der Waals surface area contributed by atoms with Gasteiger partial charge in [-0.2, -0.15) is 0 Å². The molecule has 6 nitrogen and oxygen atoms in total. The predicted molar refractivity (Wildman–Crippen MR) is 123 cm³/mol. The van der Waals surface area contributed by atoms with E-state index in [1.807, 2.05) is 36.4 Å². The summed E-state index contributed by atoms with van der Waals surface area (Å²) < 4.78 is 10.7. The maximum atomic E-state index is 12.1. The zero-order chi connectivity index (χ0) is 23.1. The Morgan fingerprint density at radius 1 is 1.03 bits per heavy atom. The summed E-state index contributed by atoms with van der Waals surface area (Å²) >= 11 is 5.86. The predicted octanol–water partition coefficient (Wildman–Crippen LogP) is 5.63. The van der Waals surface area contributed by atoms with Gasteiger partial charge in [-0.05, 0) is 53.4 Å². The van der Waals surface area contributed by atoms with Gasteiger partial charge in [0, 0.05) is 17.1 Å². The first-order valence-corrected chi connectivity index (χ1v) is 10.4. The van der Waals surface area contributed by atoms with Crippen molar-refractivity contribution < 1.29 is 24.2 Å². The minimum Gasteiger partial charge on any atom is -0.496 e. The van der Waals surface area contributed by atoms with Crippen LogP contribution in [-0.2, 0) is 22.7 Å². The molecule has 0 bridgehead atoms. The van der Waals surface area contributed by atoms with Crippen LogP contribution >= 0.6 is 11.6 Å². The van der Waals surface area contributed by atoms with Crippen LogP contribution in [0.15, 0.2) is 66.7 Å². The first-order chi connectivity index (χ1) is 15.4. The number of amides is 1. The molecule has 1 unspecified atom stereocenters. The number of hydrogen-bond acceptors (Lipinski definition) is 4. The van der Waals surface area contributed by atoms with Crippen LogP contribution in [0.25, 0.3) is 11.1 Å². The lowest BCUT2D eigenvalue weighted by Gasteiger charge is -2.14. The second kappa shape index (κ2) is 10.7. The molecule has 0 aliphatic rings. The lowest BCUT2D eigenvalue weighted by atomic mass is 9.95. The second-order valence-corrected chi connectivity index (χ2v) is 7.70. The number of alkyl carbamates (subject to hydrolysis) is 1. The van der Waals surface area contributed by atoms with Crippen molar-refractivity contribution in [2.75, 3.05) is 7.11 Å². The van der Waals surface area contributed by atoms with Crippen molar-refractivity contribution in [3.8, 4) is 16.9 Å². The van der Waals surface area contributed by atoms with Crippen LogP contribution in [0, 0.1) is 0 Å². The highest BCUT2D eigenvalue weighted by atomic mass is 35.5. The molecule has 0 aliphatic carbocycles. The van der Waals surface area contributed by atoms with Gasteiger partial charge >= 0.3 is 12.1 Å². The molecule has 7 heteroatoms. The summed E-state index contributed by atoms with van der Waals surface area (Å²) in [7, 11) is 1.56. The molecule has 3 aromatic rings. The third kappa shape index (κ3) is 6.02. The van der Waals surface area contributed by atoms with E-state index in [9.17, 15) is 14.7 Å². The van der Waals surface area contributed by atoms with E-state index in [0.29, 0.717) is 10.8 Å². The molecule has 0 spiro atoms. The van der Waals surface area contributed by atoms with Gasteiger partial charge in [-0.3, -0.25) is 4.79 Å². The molecule has 32 heavy (non-hydrogen) atoms. The van der Waals surface area contributed by atoms with Crippen LogP contribution in [0.2, 0.25) is 5.02 Å². The zero-order valence-corrected chi connectivity index (χ0v) is 18.6. The molecule has 0 radical (unpaired) electrons. The van der Waals surface area contributed by atoms with Crippen LogP contribution in [0.4, 0.5) is 4.79 Å². The highest BCUT2D eigenvalue weighted by Crippen LogP contribution is 2.29. The largest absolute Gasteiger partial charge is 0.496 e. The van der Waals surface area contributed by atoms with Crippen molar-refractivity contribution in [1.82, 2.24) is 5.32 Å². The van der Waals surface area contributed by atoms with Gasteiger partial charge in [0.15, 0.2) is 0 Å². The molecule has 2 N–H and O–H groups in total. The van der Waals surface area contributed by atoms with E-state index < -0.39 is 18.0 Å². The van der Waals surface area contributed by atoms with Crippen LogP contribution < -0.4 is 10.1 Å². The van der Waals surface area contributed by atoms with Gasteiger partial charge in [-0.1, -0.05) is 54.1 Å². The number of rotatable bonds is 8. The molecule has 0 aromatic heterocycles. The Morgan fingerprint density at radius 2 is 1.75 bits per heavy atom. The lowest BCUT2D eigenvalue weighted by molar-refractivity contribution is -0.138. The van der Waals surface area contributed by atoms with Crippen molar-refractivity contribution >= 4 is 23.7 Å². The normalized spacial score (nSPS) is 11.5. The Hall–Kier alpha value is -3.51. The number of halogens is 1. The highest BCUT2D eigenvalue weighted by Gasteiger charge is 2.15. The molecule has 166 valence electrons. The van der Waals surface area contributed by atoms with E-state index in [1.165, 1.54) is 0 Å². The summed E-state index contributed by atoms with van der Waals surface area (Å²) in [6, 6.07) is 20.1. The number of ether oxygens (including phenoxy) is 2. The Bertz CT molecular complexity index is 1100. The van der Waals surface area contributed by atoms with Crippen LogP contribution in [0.3, 0.4) is 0 Å². The van der Waals surface area contributed by atoms with Crippen molar-refractivity contribution in [2.24, 2.45) is 0 Å². The maximum Gasteiger partial charge on any atom is 0.407 e.